The van der Waals surface area contributed by atoms with E-state index in [9.17, 15) is 0 Å². The van der Waals surface area contributed by atoms with E-state index in [-0.39, 0.29) is 0 Å². The van der Waals surface area contributed by atoms with Crippen molar-refractivity contribution in [2.45, 2.75) is 52.5 Å². The van der Waals surface area contributed by atoms with Crippen molar-refractivity contribution in [3.8, 4) is 0 Å². The van der Waals surface area contributed by atoms with Crippen molar-refractivity contribution in [3.63, 3.8) is 0 Å². The van der Waals surface area contributed by atoms with Gasteiger partial charge in [-0.25, -0.2) is 4.98 Å². The normalized spacial score (nSPS) is 18.7. The van der Waals surface area contributed by atoms with Gasteiger partial charge in [-0.2, -0.15) is 10.2 Å². The van der Waals surface area contributed by atoms with E-state index in [2.05, 4.69) is 51.8 Å². The number of aromatic nitrogens is 5. The van der Waals surface area contributed by atoms with Crippen LogP contribution in [0.2, 0.25) is 0 Å². The van der Waals surface area contributed by atoms with Crippen LogP contribution in [0.4, 0.5) is 5.95 Å². The van der Waals surface area contributed by atoms with E-state index >= 15 is 0 Å². The summed E-state index contributed by atoms with van der Waals surface area (Å²) in [5.41, 5.74) is 3.29. The Labute approximate surface area is 131 Å². The highest BCUT2D eigenvalue weighted by Crippen LogP contribution is 2.24. The summed E-state index contributed by atoms with van der Waals surface area (Å²) in [7, 11) is 0. The molecule has 0 N–H and O–H groups in total. The summed E-state index contributed by atoms with van der Waals surface area (Å²) in [4.78, 5) is 6.99. The number of anilines is 1. The Bertz CT molecular complexity index is 635. The molecule has 0 spiro atoms. The molecular weight excluding hydrogens is 276 g/mol. The van der Waals surface area contributed by atoms with Crippen LogP contribution in [0, 0.1) is 6.92 Å². The third kappa shape index (κ3) is 2.96. The molecule has 2 aromatic heterocycles. The number of piperidine rings is 1. The van der Waals surface area contributed by atoms with Gasteiger partial charge in [0.2, 0.25) is 5.95 Å². The standard InChI is InChI=1S/C16H24N6/c1-4-14-15(5-2)19-20-16(18-14)21-8-6-7-13(11-21)22-10-12(3)9-17-22/h9-10,13H,4-8,11H2,1-3H3. The van der Waals surface area contributed by atoms with Gasteiger partial charge in [0.15, 0.2) is 0 Å². The summed E-state index contributed by atoms with van der Waals surface area (Å²) in [5.74, 6) is 0.766. The molecule has 1 saturated heterocycles. The van der Waals surface area contributed by atoms with Gasteiger partial charge in [-0.1, -0.05) is 13.8 Å². The van der Waals surface area contributed by atoms with Crippen molar-refractivity contribution >= 4 is 5.95 Å². The van der Waals surface area contributed by atoms with Crippen LogP contribution in [-0.4, -0.2) is 38.1 Å². The van der Waals surface area contributed by atoms with Crippen LogP contribution in [-0.2, 0) is 12.8 Å². The molecule has 6 nitrogen and oxygen atoms in total. The molecule has 0 saturated carbocycles. The highest BCUT2D eigenvalue weighted by atomic mass is 15.4. The Kier molecular flexibility index (Phi) is 4.36. The van der Waals surface area contributed by atoms with Gasteiger partial charge in [0.05, 0.1) is 23.6 Å². The van der Waals surface area contributed by atoms with Crippen molar-refractivity contribution < 1.29 is 0 Å². The zero-order valence-corrected chi connectivity index (χ0v) is 13.7. The molecule has 0 aliphatic carbocycles. The number of rotatable bonds is 4. The van der Waals surface area contributed by atoms with E-state index in [4.69, 9.17) is 4.98 Å². The van der Waals surface area contributed by atoms with Crippen LogP contribution in [0.5, 0.6) is 0 Å². The first-order valence-electron chi connectivity index (χ1n) is 8.19. The van der Waals surface area contributed by atoms with Gasteiger partial charge < -0.3 is 4.90 Å². The quantitative estimate of drug-likeness (QED) is 0.867. The van der Waals surface area contributed by atoms with Gasteiger partial charge in [-0.05, 0) is 38.2 Å². The molecule has 3 heterocycles. The molecule has 0 aromatic carbocycles. The first-order chi connectivity index (χ1) is 10.7. The van der Waals surface area contributed by atoms with Crippen molar-refractivity contribution in [2.75, 3.05) is 18.0 Å². The summed E-state index contributed by atoms with van der Waals surface area (Å²) >= 11 is 0. The second kappa shape index (κ2) is 6.42. The monoisotopic (exact) mass is 300 g/mol. The Morgan fingerprint density at radius 1 is 1.18 bits per heavy atom. The average Bonchev–Trinajstić information content (AvgIpc) is 3.01. The smallest absolute Gasteiger partial charge is 0.245 e. The fourth-order valence-electron chi connectivity index (χ4n) is 3.05. The number of aryl methyl sites for hydroxylation is 3. The van der Waals surface area contributed by atoms with Crippen LogP contribution in [0.15, 0.2) is 12.4 Å². The molecule has 1 aliphatic rings. The fourth-order valence-corrected chi connectivity index (χ4v) is 3.05. The third-order valence-electron chi connectivity index (χ3n) is 4.28. The number of nitrogens with zero attached hydrogens (tertiary/aromatic N) is 6. The van der Waals surface area contributed by atoms with E-state index in [0.717, 1.165) is 56.1 Å². The summed E-state index contributed by atoms with van der Waals surface area (Å²) in [6.07, 6.45) is 8.11. The lowest BCUT2D eigenvalue weighted by Crippen LogP contribution is -2.38. The van der Waals surface area contributed by atoms with Crippen LogP contribution >= 0.6 is 0 Å². The summed E-state index contributed by atoms with van der Waals surface area (Å²) in [5, 5.41) is 13.2. The summed E-state index contributed by atoms with van der Waals surface area (Å²) < 4.78 is 2.08. The van der Waals surface area contributed by atoms with Gasteiger partial charge in [0.25, 0.3) is 0 Å². The predicted molar refractivity (Wildman–Crippen MR) is 86.0 cm³/mol. The molecule has 2 aromatic rings. The van der Waals surface area contributed by atoms with Crippen LogP contribution in [0.3, 0.4) is 0 Å². The highest BCUT2D eigenvalue weighted by molar-refractivity contribution is 5.31. The molecule has 6 heteroatoms. The first-order valence-corrected chi connectivity index (χ1v) is 8.19. The van der Waals surface area contributed by atoms with E-state index in [0.29, 0.717) is 6.04 Å². The van der Waals surface area contributed by atoms with Gasteiger partial charge in [0, 0.05) is 19.3 Å². The van der Waals surface area contributed by atoms with Gasteiger partial charge in [0.1, 0.15) is 0 Å². The average molecular weight is 300 g/mol. The molecule has 1 aliphatic heterocycles. The SMILES string of the molecule is CCc1nnc(N2CCCC(n3cc(C)cn3)C2)nc1CC. The minimum absolute atomic E-state index is 0.391. The van der Waals surface area contributed by atoms with Gasteiger partial charge >= 0.3 is 0 Å². The Hall–Kier alpha value is -1.98. The molecular formula is C16H24N6. The van der Waals surface area contributed by atoms with E-state index in [1.54, 1.807) is 0 Å². The maximum Gasteiger partial charge on any atom is 0.245 e. The second-order valence-electron chi connectivity index (χ2n) is 5.95. The lowest BCUT2D eigenvalue weighted by atomic mass is 10.1. The molecule has 1 unspecified atom stereocenters. The number of hydrogen-bond donors (Lipinski definition) is 0. The van der Waals surface area contributed by atoms with Crippen molar-refractivity contribution in [1.82, 2.24) is 25.0 Å². The summed E-state index contributed by atoms with van der Waals surface area (Å²) in [6, 6.07) is 0.391. The topological polar surface area (TPSA) is 59.7 Å². The number of hydrogen-bond acceptors (Lipinski definition) is 5. The minimum atomic E-state index is 0.391. The zero-order chi connectivity index (χ0) is 15.5. The lowest BCUT2D eigenvalue weighted by molar-refractivity contribution is 0.372. The Morgan fingerprint density at radius 2 is 2.00 bits per heavy atom. The largest absolute Gasteiger partial charge is 0.337 e. The second-order valence-corrected chi connectivity index (χ2v) is 5.95. The molecule has 22 heavy (non-hydrogen) atoms. The van der Waals surface area contributed by atoms with E-state index in [1.165, 1.54) is 5.56 Å². The first kappa shape index (κ1) is 14.9. The maximum atomic E-state index is 4.74. The molecule has 1 atom stereocenters. The molecule has 0 amide bonds. The molecule has 3 rings (SSSR count). The van der Waals surface area contributed by atoms with Gasteiger partial charge in [-0.15, -0.1) is 5.10 Å². The summed E-state index contributed by atoms with van der Waals surface area (Å²) in [6.45, 7) is 8.19. The van der Waals surface area contributed by atoms with Crippen molar-refractivity contribution in [2.24, 2.45) is 0 Å². The Morgan fingerprint density at radius 3 is 2.68 bits per heavy atom. The van der Waals surface area contributed by atoms with Crippen molar-refractivity contribution in [3.05, 3.63) is 29.3 Å². The lowest BCUT2D eigenvalue weighted by Gasteiger charge is -2.32. The van der Waals surface area contributed by atoms with E-state index in [1.807, 2.05) is 6.20 Å². The zero-order valence-electron chi connectivity index (χ0n) is 13.7. The highest BCUT2D eigenvalue weighted by Gasteiger charge is 2.24. The predicted octanol–water partition coefficient (Wildman–Crippen LogP) is 2.34. The van der Waals surface area contributed by atoms with E-state index < -0.39 is 0 Å². The minimum Gasteiger partial charge on any atom is -0.337 e. The van der Waals surface area contributed by atoms with Gasteiger partial charge in [-0.3, -0.25) is 4.68 Å². The molecule has 1 fully saturated rings. The fraction of sp³-hybridized carbons (Fsp3) is 0.625. The van der Waals surface area contributed by atoms with Crippen LogP contribution in [0.25, 0.3) is 0 Å². The molecule has 0 bridgehead atoms. The van der Waals surface area contributed by atoms with Crippen LogP contribution in [0.1, 0.15) is 49.7 Å². The van der Waals surface area contributed by atoms with Crippen molar-refractivity contribution in [1.29, 1.82) is 0 Å². The maximum absolute atomic E-state index is 4.74. The third-order valence-corrected chi connectivity index (χ3v) is 4.28. The molecule has 0 radical (unpaired) electrons. The Balaban J connectivity index is 1.79. The van der Waals surface area contributed by atoms with Crippen LogP contribution < -0.4 is 4.90 Å². The molecule has 118 valence electrons.